The van der Waals surface area contributed by atoms with Gasteiger partial charge in [0.25, 0.3) is 0 Å². The molecule has 1 unspecified atom stereocenters. The molecular weight excluding hydrogens is 154 g/mol. The van der Waals surface area contributed by atoms with Crippen molar-refractivity contribution in [1.29, 1.82) is 0 Å². The number of piperidine rings is 1. The topological polar surface area (TPSA) is 40.5 Å². The van der Waals surface area contributed by atoms with Crippen molar-refractivity contribution in [3.8, 4) is 0 Å². The third-order valence-corrected chi connectivity index (χ3v) is 2.34. The lowest BCUT2D eigenvalue weighted by Gasteiger charge is -2.30. The molecule has 0 amide bonds. The van der Waals surface area contributed by atoms with Crippen molar-refractivity contribution in [2.75, 3.05) is 19.6 Å². The minimum atomic E-state index is -0.118. The molecule has 0 spiro atoms. The maximum Gasteiger partial charge on any atom is 0.124 e. The Morgan fingerprint density at radius 2 is 2.17 bits per heavy atom. The zero-order chi connectivity index (χ0) is 8.97. The van der Waals surface area contributed by atoms with E-state index < -0.39 is 0 Å². The van der Waals surface area contributed by atoms with Crippen LogP contribution in [0.2, 0.25) is 0 Å². The maximum atomic E-state index is 10.4. The van der Waals surface area contributed by atoms with Crippen LogP contribution >= 0.6 is 0 Å². The molecule has 1 aliphatic rings. The Morgan fingerprint density at radius 3 is 2.67 bits per heavy atom. The quantitative estimate of drug-likeness (QED) is 0.620. The van der Waals surface area contributed by atoms with Crippen LogP contribution in [-0.2, 0) is 4.79 Å². The SMILES string of the molecule is CC(C=O)CN1CCC(O)CC1. The number of nitrogens with zero attached hydrogens (tertiary/aromatic N) is 1. The van der Waals surface area contributed by atoms with Crippen LogP contribution in [0.25, 0.3) is 0 Å². The summed E-state index contributed by atoms with van der Waals surface area (Å²) in [6, 6.07) is 0. The first-order chi connectivity index (χ1) is 5.72. The normalized spacial score (nSPS) is 23.8. The van der Waals surface area contributed by atoms with E-state index in [-0.39, 0.29) is 12.0 Å². The molecule has 0 aromatic heterocycles. The van der Waals surface area contributed by atoms with Gasteiger partial charge in [-0.05, 0) is 12.8 Å². The molecule has 3 nitrogen and oxygen atoms in total. The number of rotatable bonds is 3. The van der Waals surface area contributed by atoms with Gasteiger partial charge in [0.15, 0.2) is 0 Å². The summed E-state index contributed by atoms with van der Waals surface area (Å²) in [5, 5.41) is 9.22. The van der Waals surface area contributed by atoms with E-state index in [1.165, 1.54) is 0 Å². The van der Waals surface area contributed by atoms with Crippen LogP contribution in [0, 0.1) is 5.92 Å². The second-order valence-electron chi connectivity index (χ2n) is 3.65. The second-order valence-corrected chi connectivity index (χ2v) is 3.65. The third kappa shape index (κ3) is 2.91. The van der Waals surface area contributed by atoms with Gasteiger partial charge in [-0.3, -0.25) is 0 Å². The van der Waals surface area contributed by atoms with Gasteiger partial charge in [-0.1, -0.05) is 6.92 Å². The van der Waals surface area contributed by atoms with Crippen LogP contribution in [0.5, 0.6) is 0 Å². The summed E-state index contributed by atoms with van der Waals surface area (Å²) in [7, 11) is 0. The van der Waals surface area contributed by atoms with Crippen LogP contribution in [0.15, 0.2) is 0 Å². The number of aldehydes is 1. The number of likely N-dealkylation sites (tertiary alicyclic amines) is 1. The monoisotopic (exact) mass is 171 g/mol. The molecule has 70 valence electrons. The Kier molecular flexibility index (Phi) is 3.69. The summed E-state index contributed by atoms with van der Waals surface area (Å²) >= 11 is 0. The molecule has 0 radical (unpaired) electrons. The lowest BCUT2D eigenvalue weighted by Crippen LogP contribution is -2.38. The summed E-state index contributed by atoms with van der Waals surface area (Å²) in [4.78, 5) is 12.6. The summed E-state index contributed by atoms with van der Waals surface area (Å²) < 4.78 is 0. The molecule has 1 fully saturated rings. The molecule has 1 N–H and O–H groups in total. The van der Waals surface area contributed by atoms with Gasteiger partial charge < -0.3 is 14.8 Å². The number of hydrogen-bond acceptors (Lipinski definition) is 3. The van der Waals surface area contributed by atoms with E-state index in [0.717, 1.165) is 38.8 Å². The van der Waals surface area contributed by atoms with Crippen molar-refractivity contribution in [3.05, 3.63) is 0 Å². The van der Waals surface area contributed by atoms with E-state index in [1.54, 1.807) is 0 Å². The van der Waals surface area contributed by atoms with Crippen LogP contribution in [-0.4, -0.2) is 42.0 Å². The third-order valence-electron chi connectivity index (χ3n) is 2.34. The van der Waals surface area contributed by atoms with Crippen molar-refractivity contribution < 1.29 is 9.90 Å². The molecule has 1 rings (SSSR count). The fourth-order valence-electron chi connectivity index (χ4n) is 1.55. The molecule has 1 aliphatic heterocycles. The Balaban J connectivity index is 2.21. The standard InChI is InChI=1S/C9H17NO2/c1-8(7-11)6-10-4-2-9(12)3-5-10/h7-9,12H,2-6H2,1H3. The first-order valence-corrected chi connectivity index (χ1v) is 4.58. The molecule has 1 heterocycles. The summed E-state index contributed by atoms with van der Waals surface area (Å²) in [5.74, 6) is 0.125. The molecule has 1 saturated heterocycles. The lowest BCUT2D eigenvalue weighted by molar-refractivity contribution is -0.111. The van der Waals surface area contributed by atoms with Gasteiger partial charge in [0, 0.05) is 25.6 Å². The molecule has 0 saturated carbocycles. The highest BCUT2D eigenvalue weighted by Gasteiger charge is 2.17. The molecule has 0 aromatic rings. The zero-order valence-electron chi connectivity index (χ0n) is 7.57. The van der Waals surface area contributed by atoms with Crippen molar-refractivity contribution in [1.82, 2.24) is 4.90 Å². The summed E-state index contributed by atoms with van der Waals surface area (Å²) in [6.45, 7) is 4.63. The van der Waals surface area contributed by atoms with Crippen molar-refractivity contribution in [3.63, 3.8) is 0 Å². The van der Waals surface area contributed by atoms with Gasteiger partial charge in [-0.25, -0.2) is 0 Å². The molecule has 0 bridgehead atoms. The molecule has 3 heteroatoms. The molecule has 12 heavy (non-hydrogen) atoms. The van der Waals surface area contributed by atoms with E-state index in [4.69, 9.17) is 0 Å². The smallest absolute Gasteiger partial charge is 0.124 e. The van der Waals surface area contributed by atoms with Crippen molar-refractivity contribution >= 4 is 6.29 Å². The molecular formula is C9H17NO2. The van der Waals surface area contributed by atoms with Crippen LogP contribution < -0.4 is 0 Å². The fourth-order valence-corrected chi connectivity index (χ4v) is 1.55. The summed E-state index contributed by atoms with van der Waals surface area (Å²) in [5.41, 5.74) is 0. The van der Waals surface area contributed by atoms with Crippen LogP contribution in [0.4, 0.5) is 0 Å². The predicted molar refractivity (Wildman–Crippen MR) is 46.9 cm³/mol. The minimum absolute atomic E-state index is 0.118. The number of carbonyl (C=O) groups excluding carboxylic acids is 1. The van der Waals surface area contributed by atoms with E-state index in [0.29, 0.717) is 0 Å². The maximum absolute atomic E-state index is 10.4. The highest BCUT2D eigenvalue weighted by molar-refractivity contribution is 5.52. The average Bonchev–Trinajstić information content (AvgIpc) is 2.09. The van der Waals surface area contributed by atoms with Gasteiger partial charge in [0.2, 0.25) is 0 Å². The Bertz CT molecular complexity index is 141. The average molecular weight is 171 g/mol. The van der Waals surface area contributed by atoms with Crippen LogP contribution in [0.3, 0.4) is 0 Å². The van der Waals surface area contributed by atoms with Gasteiger partial charge in [0.05, 0.1) is 6.10 Å². The number of hydrogen-bond donors (Lipinski definition) is 1. The van der Waals surface area contributed by atoms with E-state index in [9.17, 15) is 9.90 Å². The molecule has 0 aliphatic carbocycles. The van der Waals surface area contributed by atoms with Gasteiger partial charge in [-0.2, -0.15) is 0 Å². The largest absolute Gasteiger partial charge is 0.393 e. The fraction of sp³-hybridized carbons (Fsp3) is 0.889. The lowest BCUT2D eigenvalue weighted by atomic mass is 10.1. The first-order valence-electron chi connectivity index (χ1n) is 4.58. The molecule has 0 aromatic carbocycles. The zero-order valence-corrected chi connectivity index (χ0v) is 7.57. The van der Waals surface area contributed by atoms with Gasteiger partial charge >= 0.3 is 0 Å². The second kappa shape index (κ2) is 4.58. The Labute approximate surface area is 73.4 Å². The minimum Gasteiger partial charge on any atom is -0.393 e. The number of carbonyl (C=O) groups is 1. The summed E-state index contributed by atoms with van der Waals surface area (Å²) in [6.07, 6.45) is 2.58. The number of aliphatic hydroxyl groups is 1. The first kappa shape index (κ1) is 9.68. The van der Waals surface area contributed by atoms with Crippen molar-refractivity contribution in [2.24, 2.45) is 5.92 Å². The van der Waals surface area contributed by atoms with E-state index in [1.807, 2.05) is 6.92 Å². The van der Waals surface area contributed by atoms with E-state index in [2.05, 4.69) is 4.90 Å². The molecule has 1 atom stereocenters. The van der Waals surface area contributed by atoms with E-state index >= 15 is 0 Å². The van der Waals surface area contributed by atoms with Crippen molar-refractivity contribution in [2.45, 2.75) is 25.9 Å². The van der Waals surface area contributed by atoms with Gasteiger partial charge in [-0.15, -0.1) is 0 Å². The van der Waals surface area contributed by atoms with Gasteiger partial charge in [0.1, 0.15) is 6.29 Å². The highest BCUT2D eigenvalue weighted by atomic mass is 16.3. The highest BCUT2D eigenvalue weighted by Crippen LogP contribution is 2.10. The Hall–Kier alpha value is -0.410. The van der Waals surface area contributed by atoms with Crippen LogP contribution in [0.1, 0.15) is 19.8 Å². The number of aliphatic hydroxyl groups excluding tert-OH is 1. The predicted octanol–water partition coefficient (Wildman–Crippen LogP) is 0.278. The Morgan fingerprint density at radius 1 is 1.58 bits per heavy atom.